The molecule has 0 amide bonds. The van der Waals surface area contributed by atoms with Gasteiger partial charge in [-0.3, -0.25) is 0 Å². The van der Waals surface area contributed by atoms with Crippen molar-refractivity contribution in [1.82, 2.24) is 0 Å². The summed E-state index contributed by atoms with van der Waals surface area (Å²) in [6, 6.07) is 0. The van der Waals surface area contributed by atoms with Crippen LogP contribution in [0.15, 0.2) is 54.1 Å². The lowest BCUT2D eigenvalue weighted by molar-refractivity contribution is 0.583. The van der Waals surface area contributed by atoms with Crippen molar-refractivity contribution in [1.29, 1.82) is 0 Å². The highest BCUT2D eigenvalue weighted by Crippen LogP contribution is 2.11. The Morgan fingerprint density at radius 2 is 2.08 bits per heavy atom. The first-order valence-corrected chi connectivity index (χ1v) is 3.32. The third kappa shape index (κ3) is 2.68. The Kier molecular flexibility index (Phi) is 4.64. The largest absolute Gasteiger partial charge is 0.517 e. The Labute approximate surface area is 71.9 Å². The Hall–Kier alpha value is -1.42. The maximum atomic E-state index is 9.92. The first-order chi connectivity index (χ1) is 5.67. The van der Waals surface area contributed by atoms with E-state index in [2.05, 4.69) is 24.8 Å². The second-order valence-electron chi connectivity index (χ2n) is 2.07. The van der Waals surface area contributed by atoms with Crippen molar-refractivity contribution >= 4 is 7.05 Å². The van der Waals surface area contributed by atoms with E-state index >= 15 is 0 Å². The average molecular weight is 163 g/mol. The lowest BCUT2D eigenvalue weighted by Gasteiger charge is -2.02. The minimum atomic E-state index is -1.41. The maximum absolute atomic E-state index is 9.92. The van der Waals surface area contributed by atoms with Crippen molar-refractivity contribution in [2.24, 2.45) is 5.09 Å². The molecule has 0 aliphatic rings. The molecule has 3 nitrogen and oxygen atoms in total. The second-order valence-corrected chi connectivity index (χ2v) is 2.07. The van der Waals surface area contributed by atoms with E-state index < -0.39 is 7.05 Å². The fourth-order valence-electron chi connectivity index (χ4n) is 0.646. The van der Waals surface area contributed by atoms with Crippen LogP contribution >= 0.6 is 0 Å². The molecule has 1 N–H and O–H groups in total. The van der Waals surface area contributed by atoms with Crippen LogP contribution in [0.25, 0.3) is 0 Å². The van der Waals surface area contributed by atoms with Gasteiger partial charge in [-0.25, -0.2) is 0 Å². The first kappa shape index (κ1) is 10.6. The van der Waals surface area contributed by atoms with Crippen LogP contribution in [0.5, 0.6) is 0 Å². The van der Waals surface area contributed by atoms with Gasteiger partial charge in [-0.2, -0.15) is 4.91 Å². The van der Waals surface area contributed by atoms with Crippen molar-refractivity contribution in [2.75, 3.05) is 0 Å². The Bertz CT molecular complexity index is 245. The van der Waals surface area contributed by atoms with Gasteiger partial charge in [-0.1, -0.05) is 43.1 Å². The lowest BCUT2D eigenvalue weighted by atomic mass is 9.72. The molecule has 0 spiro atoms. The fourth-order valence-corrected chi connectivity index (χ4v) is 0.646. The normalized spacial score (nSPS) is 10.2. The Balaban J connectivity index is 4.63. The van der Waals surface area contributed by atoms with Crippen LogP contribution in [0.3, 0.4) is 0 Å². The summed E-state index contributed by atoms with van der Waals surface area (Å²) in [6.45, 7) is 10.4. The molecule has 0 heterocycles. The molecule has 0 fully saturated rings. The Morgan fingerprint density at radius 1 is 1.50 bits per heavy atom. The molecule has 0 aliphatic heterocycles. The maximum Gasteiger partial charge on any atom is 0.517 e. The molecule has 0 unspecified atom stereocenters. The third-order valence-electron chi connectivity index (χ3n) is 1.30. The van der Waals surface area contributed by atoms with Gasteiger partial charge in [0, 0.05) is 0 Å². The van der Waals surface area contributed by atoms with E-state index in [9.17, 15) is 4.91 Å². The second kappa shape index (κ2) is 5.26. The molecule has 0 aliphatic carbocycles. The lowest BCUT2D eigenvalue weighted by Crippen LogP contribution is -2.12. The van der Waals surface area contributed by atoms with Crippen LogP contribution in [0.1, 0.15) is 0 Å². The zero-order chi connectivity index (χ0) is 9.56. The summed E-state index contributed by atoms with van der Waals surface area (Å²) in [7, 11) is -1.41. The van der Waals surface area contributed by atoms with E-state index in [1.54, 1.807) is 6.08 Å². The number of nitrogens with zero attached hydrogens (tertiary/aromatic N) is 1. The predicted octanol–water partition coefficient (Wildman–Crippen LogP) is 1.63. The van der Waals surface area contributed by atoms with E-state index in [0.29, 0.717) is 5.57 Å². The van der Waals surface area contributed by atoms with Crippen LogP contribution in [-0.2, 0) is 0 Å². The van der Waals surface area contributed by atoms with Gasteiger partial charge in [0.05, 0.1) is 0 Å². The minimum Gasteiger partial charge on any atom is -0.425 e. The van der Waals surface area contributed by atoms with Crippen LogP contribution < -0.4 is 0 Å². The van der Waals surface area contributed by atoms with E-state index in [1.807, 2.05) is 0 Å². The number of hydrogen-bond acceptors (Lipinski definition) is 3. The van der Waals surface area contributed by atoms with Gasteiger partial charge in [0.2, 0.25) is 0 Å². The number of allylic oxidation sites excluding steroid dienone is 5. The van der Waals surface area contributed by atoms with Crippen molar-refractivity contribution in [3.05, 3.63) is 53.9 Å². The van der Waals surface area contributed by atoms with Gasteiger partial charge in [-0.15, -0.1) is 0 Å². The molecule has 0 saturated heterocycles. The van der Waals surface area contributed by atoms with Crippen molar-refractivity contribution in [3.63, 3.8) is 0 Å². The van der Waals surface area contributed by atoms with E-state index in [0.717, 1.165) is 0 Å². The smallest absolute Gasteiger partial charge is 0.425 e. The van der Waals surface area contributed by atoms with E-state index in [-0.39, 0.29) is 5.47 Å². The third-order valence-corrected chi connectivity index (χ3v) is 1.30. The molecule has 62 valence electrons. The monoisotopic (exact) mass is 163 g/mol. The molecule has 0 saturated carbocycles. The Morgan fingerprint density at radius 3 is 2.42 bits per heavy atom. The SMILES string of the molecule is C=C/C=C(\C=C)C(=C)B(O)N=O. The fraction of sp³-hybridized carbons (Fsp3) is 0. The van der Waals surface area contributed by atoms with Gasteiger partial charge in [0.1, 0.15) is 0 Å². The quantitative estimate of drug-likeness (QED) is 0.380. The van der Waals surface area contributed by atoms with Gasteiger partial charge >= 0.3 is 7.05 Å². The molecule has 0 atom stereocenters. The van der Waals surface area contributed by atoms with Crippen molar-refractivity contribution in [2.45, 2.75) is 0 Å². The summed E-state index contributed by atoms with van der Waals surface area (Å²) in [4.78, 5) is 9.92. The number of rotatable bonds is 5. The molecule has 0 aromatic carbocycles. The summed E-state index contributed by atoms with van der Waals surface area (Å²) in [5.41, 5.74) is 0.775. The summed E-state index contributed by atoms with van der Waals surface area (Å²) >= 11 is 0. The molecule has 0 aromatic rings. The highest BCUT2D eigenvalue weighted by atomic mass is 16.3. The summed E-state index contributed by atoms with van der Waals surface area (Å²) in [5.74, 6) is 0. The predicted molar refractivity (Wildman–Crippen MR) is 51.4 cm³/mol. The minimum absolute atomic E-state index is 0.222. The van der Waals surface area contributed by atoms with Crippen molar-refractivity contribution in [3.8, 4) is 0 Å². The zero-order valence-corrected chi connectivity index (χ0v) is 6.73. The molecule has 0 aromatic heterocycles. The number of nitroso groups, excluding NO2 is 1. The summed E-state index contributed by atoms with van der Waals surface area (Å²) < 4.78 is 0. The molecule has 12 heavy (non-hydrogen) atoms. The van der Waals surface area contributed by atoms with Gasteiger partial charge in [0.15, 0.2) is 0 Å². The molecular weight excluding hydrogens is 153 g/mol. The molecule has 4 heteroatoms. The van der Waals surface area contributed by atoms with Gasteiger partial charge < -0.3 is 5.02 Å². The van der Waals surface area contributed by atoms with E-state index in [4.69, 9.17) is 5.02 Å². The first-order valence-electron chi connectivity index (χ1n) is 3.32. The van der Waals surface area contributed by atoms with Crippen LogP contribution in [0.4, 0.5) is 0 Å². The number of hydrogen-bond donors (Lipinski definition) is 1. The topological polar surface area (TPSA) is 49.7 Å². The standard InChI is InChI=1S/C8H10BNO2/c1-4-6-8(5-2)7(3)9(11)10-12/h4-6,11H,1-3H2/b8-6+. The molecule has 0 bridgehead atoms. The molecule has 0 radical (unpaired) electrons. The van der Waals surface area contributed by atoms with E-state index in [1.165, 1.54) is 12.2 Å². The molecule has 0 rings (SSSR count). The van der Waals surface area contributed by atoms with Crippen molar-refractivity contribution < 1.29 is 5.02 Å². The van der Waals surface area contributed by atoms with Crippen LogP contribution in [-0.4, -0.2) is 12.1 Å². The zero-order valence-electron chi connectivity index (χ0n) is 6.73. The van der Waals surface area contributed by atoms with Gasteiger partial charge in [0.25, 0.3) is 0 Å². The summed E-state index contributed by atoms with van der Waals surface area (Å²) in [6.07, 6.45) is 4.57. The molecular formula is C8H10BNO2. The highest BCUT2D eigenvalue weighted by Gasteiger charge is 2.18. The van der Waals surface area contributed by atoms with Crippen LogP contribution in [0.2, 0.25) is 0 Å². The van der Waals surface area contributed by atoms with Gasteiger partial charge in [-0.05, 0) is 11.0 Å². The van der Waals surface area contributed by atoms with Crippen LogP contribution in [0, 0.1) is 4.91 Å². The summed E-state index contributed by atoms with van der Waals surface area (Å²) in [5, 5.41) is 11.4. The average Bonchev–Trinajstić information content (AvgIpc) is 2.11. The highest BCUT2D eigenvalue weighted by molar-refractivity contribution is 6.58.